The molecule has 7 nitrogen and oxygen atoms in total. The standard InChI is InChI=1S/C36H42N4O3Si/c1-36(2,3)43-35(41)40-24-29(22-30(40)25-42-4)39-23-28(19-21-44(5,6)7)32-31(39)18-20-37-34(32)38-33(26-14-10-8-11-15-26)27-16-12-9-13-17-27/h8-18,20,23,29-30H,22,24-25H2,1-7H3/t29-,30+/m0/s1. The van der Waals surface area contributed by atoms with Gasteiger partial charge in [0.25, 0.3) is 0 Å². The summed E-state index contributed by atoms with van der Waals surface area (Å²) in [5.41, 5.74) is 7.73. The van der Waals surface area contributed by atoms with Gasteiger partial charge in [-0.2, -0.15) is 0 Å². The molecule has 1 fully saturated rings. The Morgan fingerprint density at radius 3 is 2.23 bits per heavy atom. The van der Waals surface area contributed by atoms with E-state index in [0.717, 1.165) is 39.7 Å². The van der Waals surface area contributed by atoms with E-state index in [0.29, 0.717) is 19.0 Å². The molecule has 0 saturated carbocycles. The number of benzene rings is 2. The number of nitrogens with zero attached hydrogens (tertiary/aromatic N) is 4. The third kappa shape index (κ3) is 7.29. The van der Waals surface area contributed by atoms with Crippen molar-refractivity contribution in [3.05, 3.63) is 95.8 Å². The van der Waals surface area contributed by atoms with Crippen LogP contribution in [0, 0.1) is 11.5 Å². The van der Waals surface area contributed by atoms with E-state index in [1.807, 2.05) is 74.3 Å². The molecule has 1 amide bonds. The van der Waals surface area contributed by atoms with Gasteiger partial charge in [0.05, 0.1) is 40.9 Å². The SMILES string of the molecule is COC[C@H]1C[C@H](n2cc(C#C[Si](C)(C)C)c3c(N=C(c4ccccc4)c4ccccc4)nccc32)CN1C(=O)OC(C)(C)C. The van der Waals surface area contributed by atoms with Crippen LogP contribution in [-0.4, -0.2) is 66.2 Å². The van der Waals surface area contributed by atoms with E-state index in [-0.39, 0.29) is 18.2 Å². The van der Waals surface area contributed by atoms with Crippen LogP contribution < -0.4 is 0 Å². The van der Waals surface area contributed by atoms with E-state index in [4.69, 9.17) is 19.5 Å². The van der Waals surface area contributed by atoms with Gasteiger partial charge in [0.15, 0.2) is 5.82 Å². The molecular formula is C36H42N4O3Si. The highest BCUT2D eigenvalue weighted by Crippen LogP contribution is 2.37. The van der Waals surface area contributed by atoms with Crippen LogP contribution in [0.15, 0.2) is 84.1 Å². The normalized spacial score (nSPS) is 16.8. The van der Waals surface area contributed by atoms with Crippen LogP contribution in [-0.2, 0) is 9.47 Å². The van der Waals surface area contributed by atoms with Crippen molar-refractivity contribution >= 4 is 36.6 Å². The maximum atomic E-state index is 13.2. The van der Waals surface area contributed by atoms with Crippen molar-refractivity contribution in [2.24, 2.45) is 4.99 Å². The summed E-state index contributed by atoms with van der Waals surface area (Å²) in [5, 5.41) is 0.918. The zero-order chi connectivity index (χ0) is 31.5. The number of hydrogen-bond acceptors (Lipinski definition) is 5. The largest absolute Gasteiger partial charge is 0.444 e. The predicted molar refractivity (Wildman–Crippen MR) is 180 cm³/mol. The number of methoxy groups -OCH3 is 1. The van der Waals surface area contributed by atoms with Gasteiger partial charge in [0, 0.05) is 37.2 Å². The molecular weight excluding hydrogens is 565 g/mol. The molecule has 3 heterocycles. The topological polar surface area (TPSA) is 69.0 Å². The van der Waals surface area contributed by atoms with Gasteiger partial charge in [0.2, 0.25) is 0 Å². The summed E-state index contributed by atoms with van der Waals surface area (Å²) in [6.45, 7) is 13.3. The maximum Gasteiger partial charge on any atom is 0.410 e. The smallest absolute Gasteiger partial charge is 0.410 e. The van der Waals surface area contributed by atoms with Crippen LogP contribution in [0.5, 0.6) is 0 Å². The van der Waals surface area contributed by atoms with Gasteiger partial charge < -0.3 is 18.9 Å². The molecule has 2 aromatic carbocycles. The first kappa shape index (κ1) is 31.2. The van der Waals surface area contributed by atoms with E-state index in [2.05, 4.69) is 66.1 Å². The Labute approximate surface area is 261 Å². The van der Waals surface area contributed by atoms with Gasteiger partial charge in [-0.05, 0) is 33.3 Å². The molecule has 1 aliphatic rings. The highest BCUT2D eigenvalue weighted by Gasteiger charge is 2.39. The van der Waals surface area contributed by atoms with Crippen LogP contribution in [0.2, 0.25) is 19.6 Å². The van der Waals surface area contributed by atoms with Crippen LogP contribution >= 0.6 is 0 Å². The molecule has 2 atom stereocenters. The summed E-state index contributed by atoms with van der Waals surface area (Å²) in [6.07, 6.45) is 4.35. The fourth-order valence-corrected chi connectivity index (χ4v) is 6.02. The van der Waals surface area contributed by atoms with Gasteiger partial charge in [-0.15, -0.1) is 5.54 Å². The Balaban J connectivity index is 1.66. The number of likely N-dealkylation sites (tertiary alicyclic amines) is 1. The lowest BCUT2D eigenvalue weighted by Crippen LogP contribution is -2.41. The average molecular weight is 607 g/mol. The lowest BCUT2D eigenvalue weighted by molar-refractivity contribution is 0.0146. The van der Waals surface area contributed by atoms with E-state index in [1.54, 1.807) is 7.11 Å². The van der Waals surface area contributed by atoms with E-state index in [1.165, 1.54) is 0 Å². The minimum absolute atomic E-state index is 0.00884. The zero-order valence-electron chi connectivity index (χ0n) is 26.8. The molecule has 4 aromatic rings. The number of carbonyl (C=O) groups excluding carboxylic acids is 1. The zero-order valence-corrected chi connectivity index (χ0v) is 27.8. The summed E-state index contributed by atoms with van der Waals surface area (Å²) >= 11 is 0. The molecule has 1 aliphatic heterocycles. The van der Waals surface area contributed by atoms with Gasteiger partial charge in [-0.25, -0.2) is 14.8 Å². The van der Waals surface area contributed by atoms with Crippen molar-refractivity contribution < 1.29 is 14.3 Å². The van der Waals surface area contributed by atoms with Crippen molar-refractivity contribution in [2.75, 3.05) is 20.3 Å². The number of ether oxygens (including phenoxy) is 2. The Bertz CT molecular complexity index is 1670. The Hall–Kier alpha value is -4.19. The molecule has 0 unspecified atom stereocenters. The highest BCUT2D eigenvalue weighted by atomic mass is 28.3. The molecule has 2 aromatic heterocycles. The van der Waals surface area contributed by atoms with E-state index < -0.39 is 13.7 Å². The summed E-state index contributed by atoms with van der Waals surface area (Å²) in [4.78, 5) is 25.1. The molecule has 0 N–H and O–H groups in total. The number of pyridine rings is 1. The average Bonchev–Trinajstić information content (AvgIpc) is 3.57. The van der Waals surface area contributed by atoms with Gasteiger partial charge in [-0.3, -0.25) is 0 Å². The summed E-state index contributed by atoms with van der Waals surface area (Å²) in [6, 6.07) is 22.3. The van der Waals surface area contributed by atoms with Crippen molar-refractivity contribution in [3.63, 3.8) is 0 Å². The van der Waals surface area contributed by atoms with Crippen molar-refractivity contribution in [3.8, 4) is 11.5 Å². The number of hydrogen-bond donors (Lipinski definition) is 0. The molecule has 228 valence electrons. The van der Waals surface area contributed by atoms with Crippen molar-refractivity contribution in [1.29, 1.82) is 0 Å². The van der Waals surface area contributed by atoms with Gasteiger partial charge in [0.1, 0.15) is 13.7 Å². The fraction of sp³-hybridized carbons (Fsp3) is 0.361. The lowest BCUT2D eigenvalue weighted by Gasteiger charge is -2.28. The lowest BCUT2D eigenvalue weighted by atomic mass is 10.0. The molecule has 0 spiro atoms. The van der Waals surface area contributed by atoms with Crippen LogP contribution in [0.1, 0.15) is 49.9 Å². The Kier molecular flexibility index (Phi) is 9.09. The van der Waals surface area contributed by atoms with Crippen LogP contribution in [0.25, 0.3) is 10.9 Å². The number of aromatic nitrogens is 2. The second-order valence-electron chi connectivity index (χ2n) is 13.3. The minimum atomic E-state index is -1.69. The number of amides is 1. The molecule has 0 radical (unpaired) electrons. The van der Waals surface area contributed by atoms with Crippen LogP contribution in [0.4, 0.5) is 10.6 Å². The van der Waals surface area contributed by atoms with Crippen molar-refractivity contribution in [1.82, 2.24) is 14.5 Å². The maximum absolute atomic E-state index is 13.2. The molecule has 0 aliphatic carbocycles. The number of carbonyl (C=O) groups is 1. The predicted octanol–water partition coefficient (Wildman–Crippen LogP) is 7.63. The molecule has 8 heteroatoms. The Morgan fingerprint density at radius 2 is 1.66 bits per heavy atom. The quantitative estimate of drug-likeness (QED) is 0.129. The third-order valence-electron chi connectivity index (χ3n) is 7.38. The first-order valence-corrected chi connectivity index (χ1v) is 18.6. The molecule has 1 saturated heterocycles. The number of rotatable bonds is 6. The first-order chi connectivity index (χ1) is 20.9. The van der Waals surface area contributed by atoms with Crippen LogP contribution in [0.3, 0.4) is 0 Å². The summed E-state index contributed by atoms with van der Waals surface area (Å²) < 4.78 is 13.6. The molecule has 5 rings (SSSR count). The molecule has 44 heavy (non-hydrogen) atoms. The first-order valence-electron chi connectivity index (χ1n) is 15.1. The van der Waals surface area contributed by atoms with Gasteiger partial charge >= 0.3 is 6.09 Å². The van der Waals surface area contributed by atoms with E-state index >= 15 is 0 Å². The minimum Gasteiger partial charge on any atom is -0.444 e. The third-order valence-corrected chi connectivity index (χ3v) is 8.26. The van der Waals surface area contributed by atoms with E-state index in [9.17, 15) is 4.79 Å². The Morgan fingerprint density at radius 1 is 1.02 bits per heavy atom. The highest BCUT2D eigenvalue weighted by molar-refractivity contribution is 6.83. The van der Waals surface area contributed by atoms with Crippen molar-refractivity contribution in [2.45, 2.75) is 64.5 Å². The summed E-state index contributed by atoms with van der Waals surface area (Å²) in [5.74, 6) is 4.14. The fourth-order valence-electron chi connectivity index (χ4n) is 5.51. The van der Waals surface area contributed by atoms with Gasteiger partial charge in [-0.1, -0.05) is 86.2 Å². The monoisotopic (exact) mass is 606 g/mol. The number of fused-ring (bicyclic) bond motifs is 1. The summed E-state index contributed by atoms with van der Waals surface area (Å²) in [7, 11) is -0.0179. The number of aliphatic imine (C=N–C) groups is 1. The molecule has 0 bridgehead atoms. The second kappa shape index (κ2) is 12.8. The second-order valence-corrected chi connectivity index (χ2v) is 18.1.